The molecule has 1 aromatic carbocycles. The van der Waals surface area contributed by atoms with E-state index < -0.39 is 5.91 Å². The fraction of sp³-hybridized carbons (Fsp3) is 0.0833. The third-order valence-electron chi connectivity index (χ3n) is 2.25. The van der Waals surface area contributed by atoms with Crippen LogP contribution in [-0.4, -0.2) is 15.9 Å². The lowest BCUT2D eigenvalue weighted by atomic mass is 10.2. The summed E-state index contributed by atoms with van der Waals surface area (Å²) in [5.41, 5.74) is 12.9. The van der Waals surface area contributed by atoms with Crippen LogP contribution in [0.5, 0.6) is 0 Å². The second-order valence-electron chi connectivity index (χ2n) is 3.70. The van der Waals surface area contributed by atoms with Gasteiger partial charge in [-0.25, -0.2) is 9.97 Å². The SMILES string of the molecule is Cc1ccnc(Sc2cc(N)ccc2C(N)=O)n1. The van der Waals surface area contributed by atoms with E-state index in [0.29, 0.717) is 21.3 Å². The predicted molar refractivity (Wildman–Crippen MR) is 70.3 cm³/mol. The van der Waals surface area contributed by atoms with Crippen LogP contribution in [0.3, 0.4) is 0 Å². The van der Waals surface area contributed by atoms with Crippen molar-refractivity contribution in [1.82, 2.24) is 9.97 Å². The lowest BCUT2D eigenvalue weighted by molar-refractivity contribution is 0.0997. The number of primary amides is 1. The maximum Gasteiger partial charge on any atom is 0.249 e. The Bertz CT molecular complexity index is 600. The molecular formula is C12H12N4OS. The second kappa shape index (κ2) is 5.05. The van der Waals surface area contributed by atoms with Crippen molar-refractivity contribution in [2.75, 3.05) is 5.73 Å². The molecule has 0 radical (unpaired) electrons. The lowest BCUT2D eigenvalue weighted by Crippen LogP contribution is -2.12. The van der Waals surface area contributed by atoms with E-state index in [1.54, 1.807) is 30.5 Å². The van der Waals surface area contributed by atoms with Gasteiger partial charge in [0.2, 0.25) is 5.91 Å². The molecule has 92 valence electrons. The predicted octanol–water partition coefficient (Wildman–Crippen LogP) is 1.62. The first-order valence-electron chi connectivity index (χ1n) is 5.23. The molecule has 0 fully saturated rings. The maximum absolute atomic E-state index is 11.3. The number of nitrogen functional groups attached to an aromatic ring is 1. The van der Waals surface area contributed by atoms with Gasteiger partial charge in [0.05, 0.1) is 5.56 Å². The summed E-state index contributed by atoms with van der Waals surface area (Å²) in [4.78, 5) is 20.4. The van der Waals surface area contributed by atoms with Crippen LogP contribution in [0.1, 0.15) is 16.1 Å². The van der Waals surface area contributed by atoms with E-state index in [1.807, 2.05) is 6.92 Å². The number of carbonyl (C=O) groups is 1. The van der Waals surface area contributed by atoms with Crippen LogP contribution in [-0.2, 0) is 0 Å². The van der Waals surface area contributed by atoms with E-state index in [9.17, 15) is 4.79 Å². The van der Waals surface area contributed by atoms with Crippen molar-refractivity contribution >= 4 is 23.4 Å². The van der Waals surface area contributed by atoms with E-state index >= 15 is 0 Å². The zero-order chi connectivity index (χ0) is 13.1. The Morgan fingerprint density at radius 3 is 2.78 bits per heavy atom. The molecule has 0 unspecified atom stereocenters. The van der Waals surface area contributed by atoms with Crippen molar-refractivity contribution in [3.8, 4) is 0 Å². The Labute approximate surface area is 109 Å². The summed E-state index contributed by atoms with van der Waals surface area (Å²) in [6.07, 6.45) is 1.67. The molecular weight excluding hydrogens is 248 g/mol. The van der Waals surface area contributed by atoms with Crippen molar-refractivity contribution in [1.29, 1.82) is 0 Å². The molecule has 0 aliphatic rings. The molecule has 5 nitrogen and oxygen atoms in total. The van der Waals surface area contributed by atoms with Crippen LogP contribution in [0.4, 0.5) is 5.69 Å². The monoisotopic (exact) mass is 260 g/mol. The standard InChI is InChI=1S/C12H12N4OS/c1-7-4-5-15-12(16-7)18-10-6-8(13)2-3-9(10)11(14)17/h2-6H,13H2,1H3,(H2,14,17). The van der Waals surface area contributed by atoms with Gasteiger partial charge in [0.1, 0.15) is 0 Å². The van der Waals surface area contributed by atoms with E-state index in [0.717, 1.165) is 5.69 Å². The van der Waals surface area contributed by atoms with Gasteiger partial charge in [-0.3, -0.25) is 4.79 Å². The van der Waals surface area contributed by atoms with E-state index in [-0.39, 0.29) is 0 Å². The number of rotatable bonds is 3. The molecule has 1 aromatic heterocycles. The molecule has 2 rings (SSSR count). The average Bonchev–Trinajstić information content (AvgIpc) is 2.28. The first-order valence-corrected chi connectivity index (χ1v) is 6.05. The number of nitrogens with zero attached hydrogens (tertiary/aromatic N) is 2. The molecule has 0 aliphatic carbocycles. The Balaban J connectivity index is 2.39. The third-order valence-corrected chi connectivity index (χ3v) is 3.18. The fourth-order valence-electron chi connectivity index (χ4n) is 1.40. The second-order valence-corrected chi connectivity index (χ2v) is 4.71. The molecule has 0 saturated heterocycles. The number of amides is 1. The Morgan fingerprint density at radius 2 is 2.11 bits per heavy atom. The highest BCUT2D eigenvalue weighted by atomic mass is 32.2. The van der Waals surface area contributed by atoms with Crippen LogP contribution in [0, 0.1) is 6.92 Å². The number of carbonyl (C=O) groups excluding carboxylic acids is 1. The van der Waals surface area contributed by atoms with Crippen molar-refractivity contribution in [3.63, 3.8) is 0 Å². The van der Waals surface area contributed by atoms with Crippen LogP contribution in [0.15, 0.2) is 40.5 Å². The molecule has 4 N–H and O–H groups in total. The Morgan fingerprint density at radius 1 is 1.33 bits per heavy atom. The quantitative estimate of drug-likeness (QED) is 0.646. The van der Waals surface area contributed by atoms with Gasteiger partial charge in [0, 0.05) is 22.5 Å². The highest BCUT2D eigenvalue weighted by molar-refractivity contribution is 7.99. The van der Waals surface area contributed by atoms with Crippen molar-refractivity contribution < 1.29 is 4.79 Å². The van der Waals surface area contributed by atoms with Gasteiger partial charge in [-0.1, -0.05) is 0 Å². The molecule has 1 amide bonds. The summed E-state index contributed by atoms with van der Waals surface area (Å²) in [7, 11) is 0. The molecule has 6 heteroatoms. The minimum atomic E-state index is -0.495. The molecule has 18 heavy (non-hydrogen) atoms. The minimum Gasteiger partial charge on any atom is -0.399 e. The van der Waals surface area contributed by atoms with Crippen molar-refractivity contribution in [3.05, 3.63) is 41.7 Å². The number of aromatic nitrogens is 2. The molecule has 0 atom stereocenters. The summed E-state index contributed by atoms with van der Waals surface area (Å²) in [6.45, 7) is 1.88. The van der Waals surface area contributed by atoms with Crippen LogP contribution >= 0.6 is 11.8 Å². The highest BCUT2D eigenvalue weighted by Gasteiger charge is 2.11. The van der Waals surface area contributed by atoms with Crippen molar-refractivity contribution in [2.45, 2.75) is 17.0 Å². The number of aryl methyl sites for hydroxylation is 1. The van der Waals surface area contributed by atoms with Crippen LogP contribution < -0.4 is 11.5 Å². The summed E-state index contributed by atoms with van der Waals surface area (Å²) in [6, 6.07) is 6.74. The highest BCUT2D eigenvalue weighted by Crippen LogP contribution is 2.29. The van der Waals surface area contributed by atoms with Gasteiger partial charge in [-0.2, -0.15) is 0 Å². The van der Waals surface area contributed by atoms with Crippen molar-refractivity contribution in [2.24, 2.45) is 5.73 Å². The average molecular weight is 260 g/mol. The zero-order valence-corrected chi connectivity index (χ0v) is 10.6. The molecule has 1 heterocycles. The Hall–Kier alpha value is -2.08. The fourth-order valence-corrected chi connectivity index (χ4v) is 2.37. The van der Waals surface area contributed by atoms with Crippen LogP contribution in [0.25, 0.3) is 0 Å². The number of hydrogen-bond donors (Lipinski definition) is 2. The van der Waals surface area contributed by atoms with Gasteiger partial charge >= 0.3 is 0 Å². The minimum absolute atomic E-state index is 0.416. The van der Waals surface area contributed by atoms with Gasteiger partial charge in [0.25, 0.3) is 0 Å². The summed E-state index contributed by atoms with van der Waals surface area (Å²) in [5, 5.41) is 0.558. The zero-order valence-electron chi connectivity index (χ0n) is 9.75. The lowest BCUT2D eigenvalue weighted by Gasteiger charge is -2.06. The van der Waals surface area contributed by atoms with Gasteiger partial charge in [-0.05, 0) is 43.0 Å². The number of anilines is 1. The summed E-state index contributed by atoms with van der Waals surface area (Å²) < 4.78 is 0. The normalized spacial score (nSPS) is 10.3. The number of benzene rings is 1. The van der Waals surface area contributed by atoms with Gasteiger partial charge in [-0.15, -0.1) is 0 Å². The van der Waals surface area contributed by atoms with E-state index in [2.05, 4.69) is 9.97 Å². The summed E-state index contributed by atoms with van der Waals surface area (Å²) in [5.74, 6) is -0.495. The third kappa shape index (κ3) is 2.78. The van der Waals surface area contributed by atoms with E-state index in [4.69, 9.17) is 11.5 Å². The topological polar surface area (TPSA) is 94.9 Å². The van der Waals surface area contributed by atoms with Gasteiger partial charge < -0.3 is 11.5 Å². The summed E-state index contributed by atoms with van der Waals surface area (Å²) >= 11 is 1.27. The molecule has 2 aromatic rings. The molecule has 0 aliphatic heterocycles. The maximum atomic E-state index is 11.3. The largest absolute Gasteiger partial charge is 0.399 e. The molecule has 0 saturated carbocycles. The smallest absolute Gasteiger partial charge is 0.249 e. The van der Waals surface area contributed by atoms with E-state index in [1.165, 1.54) is 11.8 Å². The number of hydrogen-bond acceptors (Lipinski definition) is 5. The van der Waals surface area contributed by atoms with Crippen LogP contribution in [0.2, 0.25) is 0 Å². The number of nitrogens with two attached hydrogens (primary N) is 2. The first kappa shape index (κ1) is 12.4. The van der Waals surface area contributed by atoms with Gasteiger partial charge in [0.15, 0.2) is 5.16 Å². The first-order chi connectivity index (χ1) is 8.56. The Kier molecular flexibility index (Phi) is 3.47. The molecule has 0 bridgehead atoms. The molecule has 0 spiro atoms.